The van der Waals surface area contributed by atoms with Gasteiger partial charge in [0.05, 0.1) is 30.8 Å². The fourth-order valence-corrected chi connectivity index (χ4v) is 3.27. The zero-order valence-corrected chi connectivity index (χ0v) is 14.3. The number of hydrogen-bond donors (Lipinski definition) is 1. The summed E-state index contributed by atoms with van der Waals surface area (Å²) in [6.45, 7) is 1.71. The molecule has 0 spiro atoms. The molecule has 0 aromatic carbocycles. The van der Waals surface area contributed by atoms with Crippen molar-refractivity contribution < 1.29 is 32.3 Å². The average molecular weight is 360 g/mol. The molecular formula is C14H20N2O7S. The summed E-state index contributed by atoms with van der Waals surface area (Å²) >= 11 is 0. The van der Waals surface area contributed by atoms with Crippen LogP contribution >= 0.6 is 0 Å². The molecule has 1 unspecified atom stereocenters. The Hall–Kier alpha value is -1.91. The molecule has 2 heterocycles. The second-order valence-electron chi connectivity index (χ2n) is 5.58. The third-order valence-corrected chi connectivity index (χ3v) is 4.92. The average Bonchev–Trinajstić information content (AvgIpc) is 2.91. The predicted octanol–water partition coefficient (Wildman–Crippen LogP) is -0.225. The third-order valence-electron chi connectivity index (χ3n) is 3.70. The molecule has 1 aliphatic heterocycles. The molecule has 0 radical (unpaired) electrons. The first-order valence-corrected chi connectivity index (χ1v) is 9.15. The summed E-state index contributed by atoms with van der Waals surface area (Å²) in [5, 5.41) is 8.85. The van der Waals surface area contributed by atoms with Crippen LogP contribution in [0, 0.1) is 6.92 Å². The number of nitrogens with zero attached hydrogens (tertiary/aromatic N) is 2. The number of sulfonamides is 1. The first kappa shape index (κ1) is 18.4. The van der Waals surface area contributed by atoms with E-state index in [0.717, 1.165) is 10.6 Å². The van der Waals surface area contributed by atoms with Gasteiger partial charge in [-0.05, 0) is 13.0 Å². The van der Waals surface area contributed by atoms with E-state index in [1.54, 1.807) is 17.9 Å². The van der Waals surface area contributed by atoms with Crippen molar-refractivity contribution >= 4 is 21.9 Å². The summed E-state index contributed by atoms with van der Waals surface area (Å²) in [5.41, 5.74) is 0.446. The van der Waals surface area contributed by atoms with Crippen molar-refractivity contribution in [2.24, 2.45) is 0 Å². The Morgan fingerprint density at radius 2 is 2.17 bits per heavy atom. The minimum Gasteiger partial charge on any atom is -0.480 e. The molecule has 1 fully saturated rings. The number of carboxylic acids is 1. The van der Waals surface area contributed by atoms with Gasteiger partial charge in [-0.2, -0.15) is 4.31 Å². The molecule has 2 rings (SSSR count). The number of aryl methyl sites for hydroxylation is 1. The van der Waals surface area contributed by atoms with Crippen molar-refractivity contribution in [3.8, 4) is 0 Å². The largest absolute Gasteiger partial charge is 0.480 e. The van der Waals surface area contributed by atoms with Gasteiger partial charge in [-0.3, -0.25) is 9.59 Å². The van der Waals surface area contributed by atoms with Crippen LogP contribution < -0.4 is 0 Å². The zero-order valence-electron chi connectivity index (χ0n) is 13.5. The Morgan fingerprint density at radius 1 is 1.46 bits per heavy atom. The highest BCUT2D eigenvalue weighted by Crippen LogP contribution is 2.16. The summed E-state index contributed by atoms with van der Waals surface area (Å²) < 4.78 is 34.9. The summed E-state index contributed by atoms with van der Waals surface area (Å²) in [4.78, 5) is 24.9. The summed E-state index contributed by atoms with van der Waals surface area (Å²) in [7, 11) is -3.69. The van der Waals surface area contributed by atoms with Gasteiger partial charge in [-0.15, -0.1) is 0 Å². The van der Waals surface area contributed by atoms with Gasteiger partial charge < -0.3 is 19.2 Å². The Bertz CT molecular complexity index is 712. The van der Waals surface area contributed by atoms with Crippen LogP contribution in [0.3, 0.4) is 0 Å². The van der Waals surface area contributed by atoms with Gasteiger partial charge in [0.25, 0.3) is 5.91 Å². The lowest BCUT2D eigenvalue weighted by Gasteiger charge is -2.34. The Kier molecular flexibility index (Phi) is 5.62. The molecule has 1 aliphatic rings. The van der Waals surface area contributed by atoms with E-state index in [2.05, 4.69) is 0 Å². The van der Waals surface area contributed by atoms with E-state index in [9.17, 15) is 18.0 Å². The lowest BCUT2D eigenvalue weighted by Crippen LogP contribution is -2.51. The van der Waals surface area contributed by atoms with Gasteiger partial charge in [0.15, 0.2) is 0 Å². The van der Waals surface area contributed by atoms with Crippen LogP contribution in [-0.2, 0) is 19.6 Å². The minimum atomic E-state index is -3.69. The molecule has 1 amide bonds. The number of carbonyl (C=O) groups excluding carboxylic acids is 1. The first-order chi connectivity index (χ1) is 11.2. The van der Waals surface area contributed by atoms with Crippen LogP contribution in [0.25, 0.3) is 0 Å². The van der Waals surface area contributed by atoms with E-state index < -0.39 is 28.6 Å². The molecule has 1 aromatic heterocycles. The minimum absolute atomic E-state index is 0.126. The lowest BCUT2D eigenvalue weighted by molar-refractivity contribution is -0.137. The molecule has 1 saturated heterocycles. The van der Waals surface area contributed by atoms with Crippen molar-refractivity contribution in [2.45, 2.75) is 13.0 Å². The molecule has 0 saturated carbocycles. The van der Waals surface area contributed by atoms with E-state index in [4.69, 9.17) is 14.3 Å². The number of ether oxygens (including phenoxy) is 1. The normalized spacial score (nSPS) is 18.8. The molecule has 1 aromatic rings. The third kappa shape index (κ3) is 4.56. The highest BCUT2D eigenvalue weighted by molar-refractivity contribution is 7.88. The van der Waals surface area contributed by atoms with Crippen LogP contribution in [0.15, 0.2) is 16.7 Å². The number of morpholine rings is 1. The van der Waals surface area contributed by atoms with Crippen LogP contribution in [-0.4, -0.2) is 79.8 Å². The van der Waals surface area contributed by atoms with E-state index in [1.807, 2.05) is 0 Å². The first-order valence-electron chi connectivity index (χ1n) is 7.30. The van der Waals surface area contributed by atoms with Crippen molar-refractivity contribution in [1.29, 1.82) is 0 Å². The van der Waals surface area contributed by atoms with Gasteiger partial charge in [0.1, 0.15) is 12.3 Å². The molecular weight excluding hydrogens is 340 g/mol. The van der Waals surface area contributed by atoms with Gasteiger partial charge >= 0.3 is 5.97 Å². The number of hydrogen-bond acceptors (Lipinski definition) is 6. The molecule has 10 heteroatoms. The predicted molar refractivity (Wildman–Crippen MR) is 83.1 cm³/mol. The van der Waals surface area contributed by atoms with Crippen LogP contribution in [0.1, 0.15) is 16.1 Å². The van der Waals surface area contributed by atoms with Crippen LogP contribution in [0.5, 0.6) is 0 Å². The van der Waals surface area contributed by atoms with Crippen molar-refractivity contribution in [3.63, 3.8) is 0 Å². The summed E-state index contributed by atoms with van der Waals surface area (Å²) in [5.74, 6) is -0.969. The van der Waals surface area contributed by atoms with E-state index in [-0.39, 0.29) is 25.6 Å². The maximum absolute atomic E-state index is 12.5. The SMILES string of the molecule is Cc1occc1C(=O)N1CCOC(CN(CC(=O)O)S(C)(=O)=O)C1. The Labute approximate surface area is 139 Å². The standard InChI is InChI=1S/C14H20N2O7S/c1-10-12(3-5-22-10)14(19)15-4-6-23-11(7-15)8-16(9-13(17)18)24(2,20)21/h3,5,11H,4,6-9H2,1-2H3,(H,17,18). The molecule has 9 nitrogen and oxygen atoms in total. The van der Waals surface area contributed by atoms with Gasteiger partial charge in [-0.25, -0.2) is 8.42 Å². The maximum atomic E-state index is 12.5. The molecule has 1 atom stereocenters. The lowest BCUT2D eigenvalue weighted by atomic mass is 10.2. The highest BCUT2D eigenvalue weighted by Gasteiger charge is 2.30. The number of aliphatic carboxylic acids is 1. The number of rotatable bonds is 6. The Balaban J connectivity index is 2.05. The van der Waals surface area contributed by atoms with Crippen molar-refractivity contribution in [1.82, 2.24) is 9.21 Å². The second kappa shape index (κ2) is 7.32. The number of furan rings is 1. The zero-order chi connectivity index (χ0) is 17.9. The smallest absolute Gasteiger partial charge is 0.318 e. The second-order valence-corrected chi connectivity index (χ2v) is 7.57. The van der Waals surface area contributed by atoms with Crippen molar-refractivity contribution in [3.05, 3.63) is 23.7 Å². The van der Waals surface area contributed by atoms with E-state index in [0.29, 0.717) is 17.9 Å². The molecule has 134 valence electrons. The van der Waals surface area contributed by atoms with Crippen molar-refractivity contribution in [2.75, 3.05) is 39.0 Å². The number of carboxylic acid groups (broad SMARTS) is 1. The molecule has 24 heavy (non-hydrogen) atoms. The number of amides is 1. The Morgan fingerprint density at radius 3 is 2.71 bits per heavy atom. The highest BCUT2D eigenvalue weighted by atomic mass is 32.2. The summed E-state index contributed by atoms with van der Waals surface area (Å²) in [6, 6.07) is 1.58. The topological polar surface area (TPSA) is 117 Å². The van der Waals surface area contributed by atoms with Gasteiger partial charge in [0, 0.05) is 19.6 Å². The maximum Gasteiger partial charge on any atom is 0.318 e. The molecule has 0 aliphatic carbocycles. The quantitative estimate of drug-likeness (QED) is 0.745. The fraction of sp³-hybridized carbons (Fsp3) is 0.571. The van der Waals surface area contributed by atoms with E-state index in [1.165, 1.54) is 6.26 Å². The van der Waals surface area contributed by atoms with Crippen LogP contribution in [0.2, 0.25) is 0 Å². The fourth-order valence-electron chi connectivity index (χ4n) is 2.49. The van der Waals surface area contributed by atoms with Crippen LogP contribution in [0.4, 0.5) is 0 Å². The molecule has 0 bridgehead atoms. The van der Waals surface area contributed by atoms with Gasteiger partial charge in [-0.1, -0.05) is 0 Å². The van der Waals surface area contributed by atoms with E-state index >= 15 is 0 Å². The molecule has 1 N–H and O–H groups in total. The number of carbonyl (C=O) groups is 2. The summed E-state index contributed by atoms with van der Waals surface area (Å²) in [6.07, 6.45) is 1.78. The van der Waals surface area contributed by atoms with Gasteiger partial charge in [0.2, 0.25) is 10.0 Å². The monoisotopic (exact) mass is 360 g/mol.